The molecule has 0 aromatic carbocycles. The molecule has 1 unspecified atom stereocenters. The minimum absolute atomic E-state index is 0.130. The number of urea groups is 1. The fraction of sp³-hybridized carbons (Fsp3) is 0.750. The van der Waals surface area contributed by atoms with Crippen LogP contribution in [-0.4, -0.2) is 47.1 Å². The zero-order valence-electron chi connectivity index (χ0n) is 11.5. The van der Waals surface area contributed by atoms with E-state index in [1.807, 2.05) is 20.8 Å². The second-order valence-electron chi connectivity index (χ2n) is 6.04. The number of hydrogen-bond acceptors (Lipinski definition) is 4. The molecule has 1 spiro atoms. The maximum absolute atomic E-state index is 12.0. The Hall–Kier alpha value is -1.79. The fourth-order valence-electron chi connectivity index (χ4n) is 2.39. The number of amidine groups is 1. The summed E-state index contributed by atoms with van der Waals surface area (Å²) in [5.41, 5.74) is -1.32. The van der Waals surface area contributed by atoms with Crippen LogP contribution >= 0.6 is 0 Å². The predicted molar refractivity (Wildman–Crippen MR) is 69.2 cm³/mol. The van der Waals surface area contributed by atoms with Crippen molar-refractivity contribution in [3.05, 3.63) is 0 Å². The second-order valence-corrected chi connectivity index (χ2v) is 6.04. The maximum Gasteiger partial charge on any atom is 0.410 e. The SMILES string of the molecule is CC(C)(C)OC(=O)N1CCCC2(C1)NC(=O)NC2=N. The van der Waals surface area contributed by atoms with Gasteiger partial charge in [0.05, 0.1) is 6.54 Å². The van der Waals surface area contributed by atoms with Crippen molar-refractivity contribution in [2.45, 2.75) is 44.8 Å². The van der Waals surface area contributed by atoms with Crippen LogP contribution in [0.5, 0.6) is 0 Å². The van der Waals surface area contributed by atoms with Gasteiger partial charge in [-0.1, -0.05) is 0 Å². The Morgan fingerprint density at radius 3 is 2.68 bits per heavy atom. The first kappa shape index (κ1) is 13.6. The number of nitrogens with zero attached hydrogens (tertiary/aromatic N) is 1. The molecule has 106 valence electrons. The van der Waals surface area contributed by atoms with E-state index in [2.05, 4.69) is 10.6 Å². The molecule has 0 aliphatic carbocycles. The Kier molecular flexibility index (Phi) is 3.15. The van der Waals surface area contributed by atoms with E-state index >= 15 is 0 Å². The minimum atomic E-state index is -0.772. The highest BCUT2D eigenvalue weighted by Gasteiger charge is 2.47. The minimum Gasteiger partial charge on any atom is -0.444 e. The summed E-state index contributed by atoms with van der Waals surface area (Å²) in [6.45, 7) is 6.29. The molecule has 0 saturated carbocycles. The lowest BCUT2D eigenvalue weighted by molar-refractivity contribution is 0.0168. The van der Waals surface area contributed by atoms with Gasteiger partial charge in [-0.25, -0.2) is 9.59 Å². The molecule has 3 amide bonds. The van der Waals surface area contributed by atoms with Crippen molar-refractivity contribution in [2.24, 2.45) is 0 Å². The third-order valence-electron chi connectivity index (χ3n) is 3.21. The van der Waals surface area contributed by atoms with Gasteiger partial charge in [0, 0.05) is 6.54 Å². The molecule has 19 heavy (non-hydrogen) atoms. The van der Waals surface area contributed by atoms with Crippen molar-refractivity contribution in [3.8, 4) is 0 Å². The Labute approximate surface area is 112 Å². The van der Waals surface area contributed by atoms with Crippen LogP contribution in [-0.2, 0) is 4.74 Å². The van der Waals surface area contributed by atoms with E-state index in [-0.39, 0.29) is 18.4 Å². The van der Waals surface area contributed by atoms with E-state index in [0.29, 0.717) is 13.0 Å². The molecule has 1 atom stereocenters. The van der Waals surface area contributed by atoms with E-state index in [4.69, 9.17) is 10.1 Å². The van der Waals surface area contributed by atoms with Crippen LogP contribution in [0.1, 0.15) is 33.6 Å². The Morgan fingerprint density at radius 2 is 2.16 bits per heavy atom. The van der Waals surface area contributed by atoms with Gasteiger partial charge in [0.15, 0.2) is 0 Å². The summed E-state index contributed by atoms with van der Waals surface area (Å²) in [6.07, 6.45) is 0.980. The molecule has 2 heterocycles. The summed E-state index contributed by atoms with van der Waals surface area (Å²) in [6, 6.07) is -0.379. The number of likely N-dealkylation sites (tertiary alicyclic amines) is 1. The van der Waals surface area contributed by atoms with E-state index < -0.39 is 17.2 Å². The number of hydrogen-bond donors (Lipinski definition) is 3. The largest absolute Gasteiger partial charge is 0.444 e. The summed E-state index contributed by atoms with van der Waals surface area (Å²) >= 11 is 0. The molecule has 7 heteroatoms. The van der Waals surface area contributed by atoms with Gasteiger partial charge in [0.2, 0.25) is 0 Å². The Balaban J connectivity index is 2.07. The molecule has 2 rings (SSSR count). The van der Waals surface area contributed by atoms with Crippen LogP contribution in [0.4, 0.5) is 9.59 Å². The van der Waals surface area contributed by atoms with E-state index in [1.165, 1.54) is 0 Å². The molecule has 7 nitrogen and oxygen atoms in total. The molecule has 2 fully saturated rings. The zero-order valence-corrected chi connectivity index (χ0v) is 11.5. The van der Waals surface area contributed by atoms with Crippen molar-refractivity contribution < 1.29 is 14.3 Å². The molecule has 3 N–H and O–H groups in total. The molecule has 2 aliphatic heterocycles. The standard InChI is InChI=1S/C12H20N4O3/c1-11(2,3)19-10(18)16-6-4-5-12(7-16)8(13)14-9(17)15-12/h4-7H2,1-3H3,(H3,13,14,15,17). The molecule has 2 saturated heterocycles. The van der Waals surface area contributed by atoms with E-state index in [1.54, 1.807) is 4.90 Å². The van der Waals surface area contributed by atoms with Gasteiger partial charge in [0.25, 0.3) is 0 Å². The first-order chi connectivity index (χ1) is 8.72. The molecule has 0 bridgehead atoms. The maximum atomic E-state index is 12.0. The van der Waals surface area contributed by atoms with Gasteiger partial charge in [-0.3, -0.25) is 10.7 Å². The van der Waals surface area contributed by atoms with E-state index in [9.17, 15) is 9.59 Å². The van der Waals surface area contributed by atoms with Crippen molar-refractivity contribution in [1.29, 1.82) is 5.41 Å². The van der Waals surface area contributed by atoms with Gasteiger partial charge in [-0.15, -0.1) is 0 Å². The third-order valence-corrected chi connectivity index (χ3v) is 3.21. The fourth-order valence-corrected chi connectivity index (χ4v) is 2.39. The Morgan fingerprint density at radius 1 is 1.47 bits per heavy atom. The normalized spacial score (nSPS) is 27.2. The lowest BCUT2D eigenvalue weighted by atomic mass is 9.89. The molecule has 0 aromatic rings. The molecular weight excluding hydrogens is 248 g/mol. The lowest BCUT2D eigenvalue weighted by Gasteiger charge is -2.39. The third kappa shape index (κ3) is 2.80. The van der Waals surface area contributed by atoms with Crippen LogP contribution < -0.4 is 10.6 Å². The molecule has 2 aliphatic rings. The monoisotopic (exact) mass is 268 g/mol. The number of piperidine rings is 1. The number of carbonyl (C=O) groups is 2. The second kappa shape index (κ2) is 4.40. The zero-order chi connectivity index (χ0) is 14.3. The van der Waals surface area contributed by atoms with Crippen molar-refractivity contribution >= 4 is 18.0 Å². The topological polar surface area (TPSA) is 94.5 Å². The number of rotatable bonds is 0. The van der Waals surface area contributed by atoms with Gasteiger partial charge in [0.1, 0.15) is 17.0 Å². The van der Waals surface area contributed by atoms with Crippen LogP contribution in [0.2, 0.25) is 0 Å². The number of amides is 3. The molecule has 0 radical (unpaired) electrons. The van der Waals surface area contributed by atoms with Gasteiger partial charge < -0.3 is 15.0 Å². The summed E-state index contributed by atoms with van der Waals surface area (Å²) in [5.74, 6) is 0.130. The predicted octanol–water partition coefficient (Wildman–Crippen LogP) is 1.05. The highest BCUT2D eigenvalue weighted by Crippen LogP contribution is 2.25. The van der Waals surface area contributed by atoms with Crippen LogP contribution in [0.25, 0.3) is 0 Å². The Bertz CT molecular complexity index is 429. The average Bonchev–Trinajstić information content (AvgIpc) is 2.51. The average molecular weight is 268 g/mol. The van der Waals surface area contributed by atoms with Crippen molar-refractivity contribution in [1.82, 2.24) is 15.5 Å². The number of ether oxygens (including phenoxy) is 1. The van der Waals surface area contributed by atoms with Crippen molar-refractivity contribution in [3.63, 3.8) is 0 Å². The highest BCUT2D eigenvalue weighted by molar-refractivity contribution is 6.08. The summed E-state index contributed by atoms with van der Waals surface area (Å²) in [7, 11) is 0. The first-order valence-electron chi connectivity index (χ1n) is 6.38. The summed E-state index contributed by atoms with van der Waals surface area (Å²) < 4.78 is 5.33. The number of carbonyl (C=O) groups excluding carboxylic acids is 2. The molecular formula is C12H20N4O3. The van der Waals surface area contributed by atoms with Crippen molar-refractivity contribution in [2.75, 3.05) is 13.1 Å². The summed E-state index contributed by atoms with van der Waals surface area (Å²) in [4.78, 5) is 24.9. The number of nitrogens with one attached hydrogen (secondary N) is 3. The van der Waals surface area contributed by atoms with Gasteiger partial charge >= 0.3 is 12.1 Å². The van der Waals surface area contributed by atoms with Gasteiger partial charge in [-0.2, -0.15) is 0 Å². The van der Waals surface area contributed by atoms with Gasteiger partial charge in [-0.05, 0) is 33.6 Å². The lowest BCUT2D eigenvalue weighted by Crippen LogP contribution is -2.59. The highest BCUT2D eigenvalue weighted by atomic mass is 16.6. The summed E-state index contributed by atoms with van der Waals surface area (Å²) in [5, 5.41) is 13.0. The van der Waals surface area contributed by atoms with Crippen LogP contribution in [0.3, 0.4) is 0 Å². The van der Waals surface area contributed by atoms with Crippen LogP contribution in [0, 0.1) is 5.41 Å². The first-order valence-corrected chi connectivity index (χ1v) is 6.38. The van der Waals surface area contributed by atoms with E-state index in [0.717, 1.165) is 6.42 Å². The smallest absolute Gasteiger partial charge is 0.410 e. The molecule has 0 aromatic heterocycles. The quantitative estimate of drug-likeness (QED) is 0.612. The van der Waals surface area contributed by atoms with Crippen LogP contribution in [0.15, 0.2) is 0 Å².